The summed E-state index contributed by atoms with van der Waals surface area (Å²) in [5.41, 5.74) is 0. The zero-order valence-corrected chi connectivity index (χ0v) is 7.48. The molecule has 1 rings (SSSR count). The molecule has 0 amide bonds. The first kappa shape index (κ1) is 10.2. The van der Waals surface area contributed by atoms with Crippen LogP contribution in [-0.2, 0) is 0 Å². The summed E-state index contributed by atoms with van der Waals surface area (Å²) in [5, 5.41) is 17.6. The van der Waals surface area contributed by atoms with E-state index in [-0.39, 0.29) is 24.2 Å². The molecule has 1 heterocycles. The molecule has 0 fully saturated rings. The van der Waals surface area contributed by atoms with Gasteiger partial charge in [-0.25, -0.2) is 9.97 Å². The van der Waals surface area contributed by atoms with E-state index in [1.807, 2.05) is 0 Å². The highest BCUT2D eigenvalue weighted by Gasteiger charge is 2.06. The van der Waals surface area contributed by atoms with Crippen LogP contribution in [0, 0.1) is 0 Å². The smallest absolute Gasteiger partial charge is 0.252 e. The van der Waals surface area contributed by atoms with Crippen molar-refractivity contribution in [2.24, 2.45) is 0 Å². The average Bonchev–Trinajstić information content (AvgIpc) is 2.16. The minimum atomic E-state index is -0.932. The molecule has 6 heteroatoms. The minimum Gasteiger partial charge on any atom is -0.473 e. The summed E-state index contributed by atoms with van der Waals surface area (Å²) in [6.45, 7) is -0.424. The number of hydrogen-bond acceptors (Lipinski definition) is 5. The number of aliphatic hydroxyl groups is 2. The molecule has 0 aliphatic heterocycles. The summed E-state index contributed by atoms with van der Waals surface area (Å²) < 4.78 is 4.97. The first-order valence-corrected chi connectivity index (χ1v) is 4.00. The maximum absolute atomic E-state index is 8.94. The van der Waals surface area contributed by atoms with Gasteiger partial charge in [0.1, 0.15) is 12.7 Å². The van der Waals surface area contributed by atoms with E-state index in [0.717, 1.165) is 0 Å². The van der Waals surface area contributed by atoms with Gasteiger partial charge in [-0.3, -0.25) is 0 Å². The van der Waals surface area contributed by atoms with Crippen LogP contribution in [0.25, 0.3) is 0 Å². The van der Waals surface area contributed by atoms with Gasteiger partial charge in [0, 0.05) is 12.4 Å². The van der Waals surface area contributed by atoms with Crippen molar-refractivity contribution in [3.8, 4) is 5.88 Å². The van der Waals surface area contributed by atoms with E-state index in [4.69, 9.17) is 26.6 Å². The summed E-state index contributed by atoms with van der Waals surface area (Å²) >= 11 is 5.61. The molecule has 72 valence electrons. The Kier molecular flexibility index (Phi) is 3.88. The van der Waals surface area contributed by atoms with Crippen LogP contribution in [0.2, 0.25) is 5.15 Å². The van der Waals surface area contributed by atoms with Gasteiger partial charge in [-0.15, -0.1) is 0 Å². The molecule has 1 unspecified atom stereocenters. The zero-order chi connectivity index (χ0) is 9.68. The molecule has 0 saturated carbocycles. The van der Waals surface area contributed by atoms with Crippen LogP contribution in [0.4, 0.5) is 0 Å². The zero-order valence-electron chi connectivity index (χ0n) is 6.72. The third kappa shape index (κ3) is 3.14. The summed E-state index contributed by atoms with van der Waals surface area (Å²) in [6, 6.07) is 0. The van der Waals surface area contributed by atoms with Crippen molar-refractivity contribution >= 4 is 11.6 Å². The fraction of sp³-hybridized carbons (Fsp3) is 0.429. The average molecular weight is 205 g/mol. The molecule has 2 N–H and O–H groups in total. The number of rotatable bonds is 4. The van der Waals surface area contributed by atoms with E-state index in [1.54, 1.807) is 0 Å². The van der Waals surface area contributed by atoms with Crippen molar-refractivity contribution in [3.05, 3.63) is 17.5 Å². The number of hydrogen-bond donors (Lipinski definition) is 2. The molecule has 0 aromatic carbocycles. The van der Waals surface area contributed by atoms with Gasteiger partial charge < -0.3 is 14.9 Å². The first-order valence-electron chi connectivity index (χ1n) is 3.62. The molecule has 0 spiro atoms. The molecule has 0 radical (unpaired) electrons. The van der Waals surface area contributed by atoms with Crippen molar-refractivity contribution in [1.29, 1.82) is 0 Å². The highest BCUT2D eigenvalue weighted by Crippen LogP contribution is 2.16. The van der Waals surface area contributed by atoms with E-state index >= 15 is 0 Å². The summed E-state index contributed by atoms with van der Waals surface area (Å²) in [4.78, 5) is 7.49. The number of aliphatic hydroxyl groups excluding tert-OH is 2. The van der Waals surface area contributed by atoms with Gasteiger partial charge in [-0.2, -0.15) is 0 Å². The lowest BCUT2D eigenvalue weighted by atomic mass is 10.4. The minimum absolute atomic E-state index is 0.0606. The molecule has 0 bridgehead atoms. The molecule has 0 saturated heterocycles. The number of ether oxygens (including phenoxy) is 1. The maximum atomic E-state index is 8.94. The Morgan fingerprint density at radius 2 is 2.15 bits per heavy atom. The number of aromatic nitrogens is 2. The maximum Gasteiger partial charge on any atom is 0.252 e. The van der Waals surface area contributed by atoms with E-state index in [2.05, 4.69) is 9.97 Å². The Morgan fingerprint density at radius 3 is 2.77 bits per heavy atom. The molecular formula is C7H9ClN2O3. The van der Waals surface area contributed by atoms with Crippen LogP contribution in [-0.4, -0.2) is 39.5 Å². The normalized spacial score (nSPS) is 12.5. The van der Waals surface area contributed by atoms with Gasteiger partial charge in [0.15, 0.2) is 5.15 Å². The van der Waals surface area contributed by atoms with E-state index in [9.17, 15) is 0 Å². The lowest BCUT2D eigenvalue weighted by molar-refractivity contribution is 0.0520. The second-order valence-corrected chi connectivity index (χ2v) is 2.66. The van der Waals surface area contributed by atoms with Crippen molar-refractivity contribution in [3.63, 3.8) is 0 Å². The third-order valence-corrected chi connectivity index (χ3v) is 1.51. The Bertz CT molecular complexity index is 272. The third-order valence-electron chi connectivity index (χ3n) is 1.25. The molecule has 1 aromatic heterocycles. The van der Waals surface area contributed by atoms with Gasteiger partial charge in [0.25, 0.3) is 5.88 Å². The van der Waals surface area contributed by atoms with Crippen molar-refractivity contribution in [1.82, 2.24) is 9.97 Å². The van der Waals surface area contributed by atoms with E-state index in [1.165, 1.54) is 12.4 Å². The molecule has 13 heavy (non-hydrogen) atoms. The first-order chi connectivity index (χ1) is 6.24. The Labute approximate surface area is 80.0 Å². The monoisotopic (exact) mass is 204 g/mol. The topological polar surface area (TPSA) is 75.5 Å². The summed E-state index contributed by atoms with van der Waals surface area (Å²) in [7, 11) is 0. The summed E-state index contributed by atoms with van der Waals surface area (Å²) in [5.74, 6) is 0.150. The molecule has 5 nitrogen and oxygen atoms in total. The Morgan fingerprint density at radius 1 is 1.46 bits per heavy atom. The van der Waals surface area contributed by atoms with Crippen LogP contribution in [0.3, 0.4) is 0 Å². The van der Waals surface area contributed by atoms with Crippen LogP contribution in [0.15, 0.2) is 12.4 Å². The fourth-order valence-electron chi connectivity index (χ4n) is 0.633. The lowest BCUT2D eigenvalue weighted by Gasteiger charge is -2.08. The summed E-state index contributed by atoms with van der Waals surface area (Å²) in [6.07, 6.45) is 1.92. The van der Waals surface area contributed by atoms with Crippen LogP contribution < -0.4 is 4.74 Å². The predicted molar refractivity (Wildman–Crippen MR) is 45.6 cm³/mol. The highest BCUT2D eigenvalue weighted by atomic mass is 35.5. The van der Waals surface area contributed by atoms with Crippen LogP contribution >= 0.6 is 11.6 Å². The van der Waals surface area contributed by atoms with Gasteiger partial charge in [0.2, 0.25) is 0 Å². The fourth-order valence-corrected chi connectivity index (χ4v) is 0.793. The van der Waals surface area contributed by atoms with Gasteiger partial charge in [-0.05, 0) is 0 Å². The van der Waals surface area contributed by atoms with Crippen molar-refractivity contribution in [2.45, 2.75) is 6.10 Å². The second kappa shape index (κ2) is 4.96. The lowest BCUT2D eigenvalue weighted by Crippen LogP contribution is -2.21. The van der Waals surface area contributed by atoms with Crippen molar-refractivity contribution < 1.29 is 14.9 Å². The molecule has 0 aliphatic carbocycles. The highest BCUT2D eigenvalue weighted by molar-refractivity contribution is 6.30. The molecule has 1 atom stereocenters. The van der Waals surface area contributed by atoms with Gasteiger partial charge in [-0.1, -0.05) is 11.6 Å². The molecule has 1 aromatic rings. The van der Waals surface area contributed by atoms with E-state index < -0.39 is 6.10 Å². The number of nitrogens with zero attached hydrogens (tertiary/aromatic N) is 2. The predicted octanol–water partition coefficient (Wildman–Crippen LogP) is -0.138. The van der Waals surface area contributed by atoms with Gasteiger partial charge in [0.05, 0.1) is 6.61 Å². The Balaban J connectivity index is 2.50. The number of halogens is 1. The quantitative estimate of drug-likeness (QED) is 0.714. The SMILES string of the molecule is OCC(O)COc1nccnc1Cl. The van der Waals surface area contributed by atoms with Crippen molar-refractivity contribution in [2.75, 3.05) is 13.2 Å². The van der Waals surface area contributed by atoms with Crippen LogP contribution in [0.5, 0.6) is 5.88 Å². The van der Waals surface area contributed by atoms with E-state index in [0.29, 0.717) is 0 Å². The second-order valence-electron chi connectivity index (χ2n) is 2.30. The Hall–Kier alpha value is -0.910. The molecular weight excluding hydrogens is 196 g/mol. The van der Waals surface area contributed by atoms with Gasteiger partial charge >= 0.3 is 0 Å². The standard InChI is InChI=1S/C7H9ClN2O3/c8-6-7(10-2-1-9-6)13-4-5(12)3-11/h1-2,5,11-12H,3-4H2. The largest absolute Gasteiger partial charge is 0.473 e. The molecule has 0 aliphatic rings. The van der Waals surface area contributed by atoms with Crippen LogP contribution in [0.1, 0.15) is 0 Å².